The first-order chi connectivity index (χ1) is 11.7. The van der Waals surface area contributed by atoms with E-state index < -0.39 is 11.6 Å². The van der Waals surface area contributed by atoms with Crippen molar-refractivity contribution in [2.45, 2.75) is 6.42 Å². The van der Waals surface area contributed by atoms with Crippen LogP contribution < -0.4 is 0 Å². The Hall–Kier alpha value is -3.01. The lowest BCUT2D eigenvalue weighted by Gasteiger charge is -2.07. The Bertz CT molecular complexity index is 1070. The number of aromatic amines is 1. The SMILES string of the molecule is Fc1cc2nc(-c3cccc4c3-c3ccccc3C4)[nH]c2cc1F. The van der Waals surface area contributed by atoms with Gasteiger partial charge < -0.3 is 4.98 Å². The van der Waals surface area contributed by atoms with Crippen LogP contribution in [0.1, 0.15) is 11.1 Å². The van der Waals surface area contributed by atoms with E-state index >= 15 is 0 Å². The van der Waals surface area contributed by atoms with Gasteiger partial charge in [-0.3, -0.25) is 0 Å². The molecule has 1 aliphatic carbocycles. The third-order valence-electron chi connectivity index (χ3n) is 4.60. The van der Waals surface area contributed by atoms with Crippen molar-refractivity contribution in [3.8, 4) is 22.5 Å². The number of halogens is 2. The van der Waals surface area contributed by atoms with Gasteiger partial charge in [0.05, 0.1) is 11.0 Å². The molecular weight excluding hydrogens is 306 g/mol. The van der Waals surface area contributed by atoms with E-state index in [1.807, 2.05) is 24.3 Å². The lowest BCUT2D eigenvalue weighted by Crippen LogP contribution is -1.87. The van der Waals surface area contributed by atoms with E-state index in [2.05, 4.69) is 28.2 Å². The highest BCUT2D eigenvalue weighted by Gasteiger charge is 2.22. The highest BCUT2D eigenvalue weighted by molar-refractivity contribution is 5.90. The van der Waals surface area contributed by atoms with Gasteiger partial charge in [0, 0.05) is 17.7 Å². The second-order valence-electron chi connectivity index (χ2n) is 6.04. The van der Waals surface area contributed by atoms with E-state index in [0.717, 1.165) is 29.7 Å². The fourth-order valence-electron chi connectivity index (χ4n) is 3.52. The minimum atomic E-state index is -0.885. The maximum Gasteiger partial charge on any atom is 0.161 e. The highest BCUT2D eigenvalue weighted by atomic mass is 19.2. The summed E-state index contributed by atoms with van der Waals surface area (Å²) in [6.07, 6.45) is 0.892. The zero-order valence-electron chi connectivity index (χ0n) is 12.6. The topological polar surface area (TPSA) is 28.7 Å². The van der Waals surface area contributed by atoms with Crippen molar-refractivity contribution >= 4 is 11.0 Å². The summed E-state index contributed by atoms with van der Waals surface area (Å²) in [4.78, 5) is 7.60. The monoisotopic (exact) mass is 318 g/mol. The highest BCUT2D eigenvalue weighted by Crippen LogP contribution is 2.42. The van der Waals surface area contributed by atoms with Crippen molar-refractivity contribution in [1.29, 1.82) is 0 Å². The Morgan fingerprint density at radius 3 is 2.50 bits per heavy atom. The van der Waals surface area contributed by atoms with Crippen molar-refractivity contribution in [3.05, 3.63) is 77.4 Å². The molecule has 4 aromatic rings. The molecule has 0 bridgehead atoms. The van der Waals surface area contributed by atoms with E-state index in [1.165, 1.54) is 16.7 Å². The van der Waals surface area contributed by atoms with Crippen LogP contribution >= 0.6 is 0 Å². The minimum absolute atomic E-state index is 0.424. The van der Waals surface area contributed by atoms with Crippen LogP contribution in [0.5, 0.6) is 0 Å². The summed E-state index contributed by atoms with van der Waals surface area (Å²) in [5, 5.41) is 0. The van der Waals surface area contributed by atoms with E-state index in [-0.39, 0.29) is 0 Å². The zero-order valence-corrected chi connectivity index (χ0v) is 12.6. The fraction of sp³-hybridized carbons (Fsp3) is 0.0500. The normalized spacial score (nSPS) is 12.4. The molecule has 0 aliphatic heterocycles. The first kappa shape index (κ1) is 13.4. The van der Waals surface area contributed by atoms with Crippen molar-refractivity contribution in [2.75, 3.05) is 0 Å². The van der Waals surface area contributed by atoms with Gasteiger partial charge in [-0.2, -0.15) is 0 Å². The maximum atomic E-state index is 13.5. The molecule has 1 aliphatic rings. The summed E-state index contributed by atoms with van der Waals surface area (Å²) in [6.45, 7) is 0. The number of benzene rings is 3. The van der Waals surface area contributed by atoms with Gasteiger partial charge in [-0.15, -0.1) is 0 Å². The van der Waals surface area contributed by atoms with E-state index in [9.17, 15) is 8.78 Å². The Morgan fingerprint density at radius 1 is 0.833 bits per heavy atom. The number of hydrogen-bond acceptors (Lipinski definition) is 1. The van der Waals surface area contributed by atoms with Crippen LogP contribution in [0, 0.1) is 11.6 Å². The number of hydrogen-bond donors (Lipinski definition) is 1. The number of fused-ring (bicyclic) bond motifs is 4. The van der Waals surface area contributed by atoms with Crippen LogP contribution in [0.15, 0.2) is 54.6 Å². The van der Waals surface area contributed by atoms with Gasteiger partial charge in [0.1, 0.15) is 5.82 Å². The van der Waals surface area contributed by atoms with E-state index in [4.69, 9.17) is 0 Å². The molecule has 3 aromatic carbocycles. The Balaban J connectivity index is 1.77. The van der Waals surface area contributed by atoms with E-state index in [1.54, 1.807) is 0 Å². The van der Waals surface area contributed by atoms with Gasteiger partial charge in [0.2, 0.25) is 0 Å². The second kappa shape index (κ2) is 4.74. The summed E-state index contributed by atoms with van der Waals surface area (Å²) >= 11 is 0. The molecule has 1 N–H and O–H groups in total. The number of imidazole rings is 1. The van der Waals surface area contributed by atoms with Gasteiger partial charge in [-0.25, -0.2) is 13.8 Å². The molecule has 5 rings (SSSR count). The lowest BCUT2D eigenvalue weighted by atomic mass is 9.99. The minimum Gasteiger partial charge on any atom is -0.338 e. The Morgan fingerprint density at radius 2 is 1.58 bits per heavy atom. The van der Waals surface area contributed by atoms with Crippen LogP contribution in [-0.2, 0) is 6.42 Å². The molecule has 116 valence electrons. The van der Waals surface area contributed by atoms with Gasteiger partial charge in [-0.05, 0) is 28.7 Å². The molecule has 1 heterocycles. The largest absolute Gasteiger partial charge is 0.338 e. The molecule has 24 heavy (non-hydrogen) atoms. The second-order valence-corrected chi connectivity index (χ2v) is 6.04. The van der Waals surface area contributed by atoms with Crippen LogP contribution in [0.2, 0.25) is 0 Å². The standard InChI is InChI=1S/C20H12F2N2/c21-15-9-17-18(10-16(15)22)24-20(23-17)14-7-3-5-12-8-11-4-1-2-6-13(11)19(12)14/h1-7,9-10H,8H2,(H,23,24). The number of H-pyrrole nitrogens is 1. The van der Waals surface area contributed by atoms with Crippen molar-refractivity contribution in [1.82, 2.24) is 9.97 Å². The molecule has 4 heteroatoms. The summed E-state index contributed by atoms with van der Waals surface area (Å²) < 4.78 is 26.9. The van der Waals surface area contributed by atoms with Gasteiger partial charge in [0.15, 0.2) is 11.6 Å². The van der Waals surface area contributed by atoms with Gasteiger partial charge in [-0.1, -0.05) is 42.5 Å². The van der Waals surface area contributed by atoms with Crippen molar-refractivity contribution in [2.24, 2.45) is 0 Å². The summed E-state index contributed by atoms with van der Waals surface area (Å²) in [5.74, 6) is -1.13. The molecule has 0 saturated carbocycles. The zero-order chi connectivity index (χ0) is 16.3. The summed E-state index contributed by atoms with van der Waals surface area (Å²) in [5.41, 5.74) is 6.74. The molecule has 0 radical (unpaired) electrons. The predicted octanol–water partition coefficient (Wildman–Crippen LogP) is 5.08. The number of nitrogens with one attached hydrogen (secondary N) is 1. The van der Waals surface area contributed by atoms with Crippen molar-refractivity contribution < 1.29 is 8.78 Å². The molecule has 0 unspecified atom stereocenters. The number of nitrogens with zero attached hydrogens (tertiary/aromatic N) is 1. The lowest BCUT2D eigenvalue weighted by molar-refractivity contribution is 0.510. The third kappa shape index (κ3) is 1.83. The molecule has 0 fully saturated rings. The van der Waals surface area contributed by atoms with Crippen molar-refractivity contribution in [3.63, 3.8) is 0 Å². The summed E-state index contributed by atoms with van der Waals surface area (Å²) in [6, 6.07) is 16.7. The van der Waals surface area contributed by atoms with Crippen LogP contribution in [0.25, 0.3) is 33.5 Å². The third-order valence-corrected chi connectivity index (χ3v) is 4.60. The molecule has 0 spiro atoms. The maximum absolute atomic E-state index is 13.5. The Kier molecular flexibility index (Phi) is 2.65. The average molecular weight is 318 g/mol. The molecule has 2 nitrogen and oxygen atoms in total. The van der Waals surface area contributed by atoms with Gasteiger partial charge in [0.25, 0.3) is 0 Å². The number of aromatic nitrogens is 2. The first-order valence-electron chi connectivity index (χ1n) is 7.76. The smallest absolute Gasteiger partial charge is 0.161 e. The molecule has 1 aromatic heterocycles. The first-order valence-corrected chi connectivity index (χ1v) is 7.76. The quantitative estimate of drug-likeness (QED) is 0.459. The Labute approximate surface area is 136 Å². The van der Waals surface area contributed by atoms with Gasteiger partial charge >= 0.3 is 0 Å². The van der Waals surface area contributed by atoms with Crippen LogP contribution in [0.3, 0.4) is 0 Å². The predicted molar refractivity (Wildman–Crippen MR) is 89.7 cm³/mol. The number of rotatable bonds is 1. The molecule has 0 saturated heterocycles. The van der Waals surface area contributed by atoms with Crippen LogP contribution in [-0.4, -0.2) is 9.97 Å². The average Bonchev–Trinajstić information content (AvgIpc) is 3.16. The van der Waals surface area contributed by atoms with Crippen LogP contribution in [0.4, 0.5) is 8.78 Å². The summed E-state index contributed by atoms with van der Waals surface area (Å²) in [7, 11) is 0. The molecule has 0 atom stereocenters. The fourth-order valence-corrected chi connectivity index (χ4v) is 3.52. The molecule has 0 amide bonds. The van der Waals surface area contributed by atoms with E-state index in [0.29, 0.717) is 16.9 Å². The molecular formula is C20H12F2N2.